The molecule has 4 nitrogen and oxygen atoms in total. The average molecular weight is 386 g/mol. The van der Waals surface area contributed by atoms with E-state index in [-0.39, 0.29) is 11.8 Å². The molecule has 26 heavy (non-hydrogen) atoms. The quantitative estimate of drug-likeness (QED) is 0.719. The molecule has 3 aromatic rings. The van der Waals surface area contributed by atoms with Gasteiger partial charge in [0.15, 0.2) is 5.13 Å². The number of benzene rings is 1. The number of hydrogen-bond acceptors (Lipinski definition) is 5. The largest absolute Gasteiger partial charge is 0.351 e. The van der Waals surface area contributed by atoms with Crippen LogP contribution in [0.5, 0.6) is 0 Å². The van der Waals surface area contributed by atoms with Crippen molar-refractivity contribution in [3.05, 3.63) is 45.6 Å². The van der Waals surface area contributed by atoms with Crippen LogP contribution in [0.15, 0.2) is 29.6 Å². The fraction of sp³-hybridized carbons (Fsp3) is 0.400. The molecular formula is C20H23N3OS2. The van der Waals surface area contributed by atoms with E-state index in [1.54, 1.807) is 22.7 Å². The van der Waals surface area contributed by atoms with Gasteiger partial charge in [-0.05, 0) is 55.3 Å². The highest BCUT2D eigenvalue weighted by Gasteiger charge is 2.27. The highest BCUT2D eigenvalue weighted by molar-refractivity contribution is 7.22. The predicted octanol–water partition coefficient (Wildman–Crippen LogP) is 4.51. The summed E-state index contributed by atoms with van der Waals surface area (Å²) in [4.78, 5) is 21.0. The summed E-state index contributed by atoms with van der Waals surface area (Å²) in [6, 6.07) is 8.47. The van der Waals surface area contributed by atoms with Crippen molar-refractivity contribution >= 4 is 43.9 Å². The van der Waals surface area contributed by atoms with Gasteiger partial charge in [0.25, 0.3) is 0 Å². The number of amides is 1. The highest BCUT2D eigenvalue weighted by Crippen LogP contribution is 2.33. The fourth-order valence-corrected chi connectivity index (χ4v) is 5.41. The van der Waals surface area contributed by atoms with Gasteiger partial charge in [0.2, 0.25) is 5.91 Å². The standard InChI is InChI=1S/C20H23N3OS2/c1-13-9-14(2)18-17(10-13)26-20(22-18)23-7-3-5-15(12-23)19(24)21-11-16-6-4-8-25-16/h4,6,8-10,15H,3,5,7,11-12H2,1-2H3,(H,21,24)/t15-/m1/s1. The van der Waals surface area contributed by atoms with E-state index in [1.165, 1.54) is 20.7 Å². The van der Waals surface area contributed by atoms with Gasteiger partial charge < -0.3 is 10.2 Å². The minimum atomic E-state index is 0.0403. The van der Waals surface area contributed by atoms with E-state index in [9.17, 15) is 4.79 Å². The first-order valence-corrected chi connectivity index (χ1v) is 10.7. The Hall–Kier alpha value is -1.92. The number of hydrogen-bond donors (Lipinski definition) is 1. The molecule has 3 heterocycles. The second-order valence-electron chi connectivity index (χ2n) is 7.01. The van der Waals surface area contributed by atoms with Crippen LogP contribution in [0.25, 0.3) is 10.2 Å². The summed E-state index contributed by atoms with van der Waals surface area (Å²) in [6.45, 7) is 6.61. The Morgan fingerprint density at radius 3 is 3.08 bits per heavy atom. The average Bonchev–Trinajstić information content (AvgIpc) is 3.29. The summed E-state index contributed by atoms with van der Waals surface area (Å²) in [5, 5.41) is 6.19. The summed E-state index contributed by atoms with van der Waals surface area (Å²) in [5.74, 6) is 0.204. The zero-order valence-electron chi connectivity index (χ0n) is 15.1. The number of anilines is 1. The van der Waals surface area contributed by atoms with Crippen molar-refractivity contribution in [2.24, 2.45) is 5.92 Å². The molecule has 1 N–H and O–H groups in total. The van der Waals surface area contributed by atoms with E-state index in [4.69, 9.17) is 4.98 Å². The first-order valence-electron chi connectivity index (χ1n) is 9.03. The van der Waals surface area contributed by atoms with Gasteiger partial charge >= 0.3 is 0 Å². The number of thiazole rings is 1. The zero-order chi connectivity index (χ0) is 18.1. The number of fused-ring (bicyclic) bond motifs is 1. The predicted molar refractivity (Wildman–Crippen MR) is 110 cm³/mol. The summed E-state index contributed by atoms with van der Waals surface area (Å²) >= 11 is 3.42. The van der Waals surface area contributed by atoms with Gasteiger partial charge in [0.05, 0.1) is 22.7 Å². The first kappa shape index (κ1) is 17.5. The third kappa shape index (κ3) is 3.62. The van der Waals surface area contributed by atoms with E-state index >= 15 is 0 Å². The van der Waals surface area contributed by atoms with Crippen LogP contribution < -0.4 is 10.2 Å². The smallest absolute Gasteiger partial charge is 0.225 e. The van der Waals surface area contributed by atoms with Crippen molar-refractivity contribution < 1.29 is 4.79 Å². The van der Waals surface area contributed by atoms with E-state index < -0.39 is 0 Å². The van der Waals surface area contributed by atoms with Crippen LogP contribution in [0.1, 0.15) is 28.8 Å². The van der Waals surface area contributed by atoms with Gasteiger partial charge in [-0.1, -0.05) is 23.5 Å². The third-order valence-corrected chi connectivity index (χ3v) is 6.84. The van der Waals surface area contributed by atoms with E-state index in [0.717, 1.165) is 36.6 Å². The van der Waals surface area contributed by atoms with Gasteiger partial charge in [0.1, 0.15) is 0 Å². The lowest BCUT2D eigenvalue weighted by atomic mass is 9.97. The molecule has 1 aromatic carbocycles. The molecule has 1 saturated heterocycles. The molecular weight excluding hydrogens is 362 g/mol. The van der Waals surface area contributed by atoms with Crippen LogP contribution in [0.4, 0.5) is 5.13 Å². The summed E-state index contributed by atoms with van der Waals surface area (Å²) < 4.78 is 1.24. The molecule has 1 atom stereocenters. The van der Waals surface area contributed by atoms with Gasteiger partial charge in [-0.25, -0.2) is 4.98 Å². The number of carbonyl (C=O) groups excluding carboxylic acids is 1. The van der Waals surface area contributed by atoms with Crippen LogP contribution in [0.2, 0.25) is 0 Å². The molecule has 1 fully saturated rings. The molecule has 1 aliphatic heterocycles. The molecule has 6 heteroatoms. The summed E-state index contributed by atoms with van der Waals surface area (Å²) in [7, 11) is 0. The highest BCUT2D eigenvalue weighted by atomic mass is 32.1. The van der Waals surface area contributed by atoms with Gasteiger partial charge in [-0.2, -0.15) is 0 Å². The first-order chi connectivity index (χ1) is 12.6. The molecule has 1 aliphatic rings. The topological polar surface area (TPSA) is 45.2 Å². The molecule has 0 bridgehead atoms. The number of aromatic nitrogens is 1. The van der Waals surface area contributed by atoms with Crippen LogP contribution in [-0.4, -0.2) is 24.0 Å². The lowest BCUT2D eigenvalue weighted by Crippen LogP contribution is -2.42. The summed E-state index contributed by atoms with van der Waals surface area (Å²) in [5.41, 5.74) is 3.60. The van der Waals surface area contributed by atoms with Crippen molar-refractivity contribution in [3.8, 4) is 0 Å². The number of piperidine rings is 1. The van der Waals surface area contributed by atoms with E-state index in [0.29, 0.717) is 6.54 Å². The van der Waals surface area contributed by atoms with Crippen molar-refractivity contribution in [2.75, 3.05) is 18.0 Å². The Morgan fingerprint density at radius 1 is 1.38 bits per heavy atom. The van der Waals surface area contributed by atoms with Crippen LogP contribution in [0, 0.1) is 19.8 Å². The molecule has 0 radical (unpaired) electrons. The minimum Gasteiger partial charge on any atom is -0.351 e. The molecule has 1 amide bonds. The van der Waals surface area contributed by atoms with E-state index in [2.05, 4.69) is 42.3 Å². The second-order valence-corrected chi connectivity index (χ2v) is 9.05. The maximum Gasteiger partial charge on any atom is 0.225 e. The number of rotatable bonds is 4. The zero-order valence-corrected chi connectivity index (χ0v) is 16.8. The summed E-state index contributed by atoms with van der Waals surface area (Å²) in [6.07, 6.45) is 1.99. The number of aryl methyl sites for hydroxylation is 2. The molecule has 136 valence electrons. The Bertz CT molecular complexity index is 917. The Labute approximate surface area is 161 Å². The molecule has 0 saturated carbocycles. The number of nitrogens with zero attached hydrogens (tertiary/aromatic N) is 2. The van der Waals surface area contributed by atoms with Crippen molar-refractivity contribution in [1.29, 1.82) is 0 Å². The van der Waals surface area contributed by atoms with Crippen molar-refractivity contribution in [2.45, 2.75) is 33.2 Å². The SMILES string of the molecule is Cc1cc(C)c2nc(N3CCC[C@@H](C(=O)NCc4cccs4)C3)sc2c1. The Balaban J connectivity index is 1.46. The maximum atomic E-state index is 12.6. The molecule has 0 aliphatic carbocycles. The fourth-order valence-electron chi connectivity index (χ4n) is 3.59. The Morgan fingerprint density at radius 2 is 2.27 bits per heavy atom. The minimum absolute atomic E-state index is 0.0403. The van der Waals surface area contributed by atoms with Crippen LogP contribution in [-0.2, 0) is 11.3 Å². The second kappa shape index (κ2) is 7.37. The third-order valence-electron chi connectivity index (χ3n) is 4.90. The van der Waals surface area contributed by atoms with Gasteiger partial charge in [-0.15, -0.1) is 11.3 Å². The maximum absolute atomic E-state index is 12.6. The molecule has 4 rings (SSSR count). The lowest BCUT2D eigenvalue weighted by molar-refractivity contribution is -0.125. The van der Waals surface area contributed by atoms with Crippen molar-refractivity contribution in [3.63, 3.8) is 0 Å². The molecule has 2 aromatic heterocycles. The number of nitrogens with one attached hydrogen (secondary N) is 1. The van der Waals surface area contributed by atoms with Gasteiger partial charge in [0, 0.05) is 18.0 Å². The number of thiophene rings is 1. The lowest BCUT2D eigenvalue weighted by Gasteiger charge is -2.31. The molecule has 0 spiro atoms. The monoisotopic (exact) mass is 385 g/mol. The number of carbonyl (C=O) groups is 1. The molecule has 0 unspecified atom stereocenters. The van der Waals surface area contributed by atoms with E-state index in [1.807, 2.05) is 11.4 Å². The van der Waals surface area contributed by atoms with Crippen molar-refractivity contribution in [1.82, 2.24) is 10.3 Å². The van der Waals surface area contributed by atoms with Gasteiger partial charge in [-0.3, -0.25) is 4.79 Å². The van der Waals surface area contributed by atoms with Crippen LogP contribution in [0.3, 0.4) is 0 Å². The van der Waals surface area contributed by atoms with Crippen LogP contribution >= 0.6 is 22.7 Å². The normalized spacial score (nSPS) is 17.6. The Kier molecular flexibility index (Phi) is 4.96.